The topological polar surface area (TPSA) is 83.7 Å². The molecule has 1 aliphatic heterocycles. The predicted molar refractivity (Wildman–Crippen MR) is 75.9 cm³/mol. The Kier molecular flexibility index (Phi) is 5.66. The first-order chi connectivity index (χ1) is 10.1. The lowest BCUT2D eigenvalue weighted by Crippen LogP contribution is -2.46. The van der Waals surface area contributed by atoms with Gasteiger partial charge >= 0.3 is 0 Å². The molecule has 0 spiro atoms. The zero-order chi connectivity index (χ0) is 15.2. The summed E-state index contributed by atoms with van der Waals surface area (Å²) in [6.07, 6.45) is 0. The predicted octanol–water partition coefficient (Wildman–Crippen LogP) is -0.418. The van der Waals surface area contributed by atoms with E-state index in [4.69, 9.17) is 9.26 Å². The van der Waals surface area contributed by atoms with Gasteiger partial charge in [-0.25, -0.2) is 0 Å². The van der Waals surface area contributed by atoms with Crippen molar-refractivity contribution in [3.05, 3.63) is 11.7 Å². The van der Waals surface area contributed by atoms with Crippen molar-refractivity contribution in [3.8, 4) is 0 Å². The third-order valence-corrected chi connectivity index (χ3v) is 3.55. The summed E-state index contributed by atoms with van der Waals surface area (Å²) in [5.41, 5.74) is 0. The van der Waals surface area contributed by atoms with Gasteiger partial charge in [0.25, 0.3) is 11.7 Å². The molecule has 1 aromatic heterocycles. The van der Waals surface area contributed by atoms with E-state index in [-0.39, 0.29) is 11.7 Å². The molecule has 1 aliphatic rings. The van der Waals surface area contributed by atoms with Gasteiger partial charge in [0.2, 0.25) is 5.89 Å². The molecule has 0 saturated carbocycles. The molecular formula is C13H23N5O3. The number of nitrogens with one attached hydrogen (secondary N) is 1. The second-order valence-corrected chi connectivity index (χ2v) is 5.28. The van der Waals surface area contributed by atoms with E-state index in [1.807, 2.05) is 7.05 Å². The Morgan fingerprint density at radius 2 is 2.19 bits per heavy atom. The van der Waals surface area contributed by atoms with E-state index in [0.29, 0.717) is 18.5 Å². The van der Waals surface area contributed by atoms with Gasteiger partial charge < -0.3 is 14.6 Å². The van der Waals surface area contributed by atoms with Crippen molar-refractivity contribution in [2.24, 2.45) is 0 Å². The Morgan fingerprint density at radius 3 is 2.86 bits per heavy atom. The molecule has 1 fully saturated rings. The number of aromatic nitrogens is 2. The van der Waals surface area contributed by atoms with Gasteiger partial charge in [-0.2, -0.15) is 4.98 Å². The molecule has 0 aliphatic carbocycles. The Bertz CT molecular complexity index is 458. The van der Waals surface area contributed by atoms with E-state index in [1.165, 1.54) is 7.05 Å². The quantitative estimate of drug-likeness (QED) is 0.763. The van der Waals surface area contributed by atoms with Crippen molar-refractivity contribution in [2.75, 3.05) is 46.9 Å². The second-order valence-electron chi connectivity index (χ2n) is 5.28. The molecule has 0 aromatic carbocycles. The van der Waals surface area contributed by atoms with E-state index >= 15 is 0 Å². The maximum absolute atomic E-state index is 11.4. The highest BCUT2D eigenvalue weighted by Gasteiger charge is 2.20. The van der Waals surface area contributed by atoms with E-state index < -0.39 is 0 Å². The average Bonchev–Trinajstić information content (AvgIpc) is 2.95. The minimum atomic E-state index is -0.339. The molecule has 1 aromatic rings. The SMILES string of the molecule is CNC(=O)c1noc(CN(C)CC(C)N2CCOCC2)n1. The summed E-state index contributed by atoms with van der Waals surface area (Å²) in [5.74, 6) is 0.182. The Morgan fingerprint density at radius 1 is 1.48 bits per heavy atom. The minimum Gasteiger partial charge on any atom is -0.379 e. The zero-order valence-electron chi connectivity index (χ0n) is 12.8. The molecule has 0 radical (unpaired) electrons. The van der Waals surface area contributed by atoms with Crippen molar-refractivity contribution in [2.45, 2.75) is 19.5 Å². The lowest BCUT2D eigenvalue weighted by molar-refractivity contribution is 0.0132. The fourth-order valence-electron chi connectivity index (χ4n) is 2.40. The van der Waals surface area contributed by atoms with Crippen molar-refractivity contribution in [3.63, 3.8) is 0 Å². The monoisotopic (exact) mass is 297 g/mol. The van der Waals surface area contributed by atoms with Crippen LogP contribution in [0.1, 0.15) is 23.4 Å². The summed E-state index contributed by atoms with van der Waals surface area (Å²) in [5, 5.41) is 6.12. The average molecular weight is 297 g/mol. The van der Waals surface area contributed by atoms with E-state index in [2.05, 4.69) is 32.2 Å². The number of likely N-dealkylation sites (N-methyl/N-ethyl adjacent to an activating group) is 1. The van der Waals surface area contributed by atoms with Crippen molar-refractivity contribution >= 4 is 5.91 Å². The smallest absolute Gasteiger partial charge is 0.292 e. The van der Waals surface area contributed by atoms with Gasteiger partial charge in [-0.05, 0) is 14.0 Å². The Hall–Kier alpha value is -1.51. The molecule has 8 nitrogen and oxygen atoms in total. The van der Waals surface area contributed by atoms with Gasteiger partial charge in [0, 0.05) is 32.7 Å². The number of carbonyl (C=O) groups is 1. The molecule has 1 N–H and O–H groups in total. The number of hydrogen-bond donors (Lipinski definition) is 1. The van der Waals surface area contributed by atoms with Crippen LogP contribution >= 0.6 is 0 Å². The molecule has 1 saturated heterocycles. The van der Waals surface area contributed by atoms with Gasteiger partial charge in [0.15, 0.2) is 0 Å². The van der Waals surface area contributed by atoms with Crippen LogP contribution in [0.5, 0.6) is 0 Å². The third-order valence-electron chi connectivity index (χ3n) is 3.55. The maximum Gasteiger partial charge on any atom is 0.292 e. The normalized spacial score (nSPS) is 17.9. The number of rotatable bonds is 6. The van der Waals surface area contributed by atoms with Crippen LogP contribution in [0.15, 0.2) is 4.52 Å². The van der Waals surface area contributed by atoms with E-state index in [0.717, 1.165) is 32.8 Å². The molecule has 8 heteroatoms. The zero-order valence-corrected chi connectivity index (χ0v) is 12.8. The van der Waals surface area contributed by atoms with Crippen LogP contribution in [-0.2, 0) is 11.3 Å². The fraction of sp³-hybridized carbons (Fsp3) is 0.769. The largest absolute Gasteiger partial charge is 0.379 e. The fourth-order valence-corrected chi connectivity index (χ4v) is 2.40. The van der Waals surface area contributed by atoms with Gasteiger partial charge in [-0.15, -0.1) is 0 Å². The second kappa shape index (κ2) is 7.48. The molecule has 1 unspecified atom stereocenters. The number of hydrogen-bond acceptors (Lipinski definition) is 7. The molecule has 1 amide bonds. The van der Waals surface area contributed by atoms with Crippen LogP contribution < -0.4 is 5.32 Å². The van der Waals surface area contributed by atoms with Crippen molar-refractivity contribution in [1.82, 2.24) is 25.3 Å². The van der Waals surface area contributed by atoms with E-state index in [1.54, 1.807) is 0 Å². The highest BCUT2D eigenvalue weighted by Crippen LogP contribution is 2.07. The van der Waals surface area contributed by atoms with Crippen LogP contribution in [0.2, 0.25) is 0 Å². The van der Waals surface area contributed by atoms with E-state index in [9.17, 15) is 4.79 Å². The highest BCUT2D eigenvalue weighted by molar-refractivity contribution is 5.89. The lowest BCUT2D eigenvalue weighted by atomic mass is 10.2. The van der Waals surface area contributed by atoms with Gasteiger partial charge in [0.1, 0.15) is 0 Å². The van der Waals surface area contributed by atoms with Gasteiger partial charge in [0.05, 0.1) is 19.8 Å². The van der Waals surface area contributed by atoms with Gasteiger partial charge in [-0.3, -0.25) is 14.6 Å². The van der Waals surface area contributed by atoms with Gasteiger partial charge in [-0.1, -0.05) is 5.16 Å². The number of nitrogens with zero attached hydrogens (tertiary/aromatic N) is 4. The summed E-state index contributed by atoms with van der Waals surface area (Å²) in [6, 6.07) is 0.431. The first kappa shape index (κ1) is 15.9. The molecule has 1 atom stereocenters. The summed E-state index contributed by atoms with van der Waals surface area (Å²) < 4.78 is 10.4. The summed E-state index contributed by atoms with van der Waals surface area (Å²) >= 11 is 0. The lowest BCUT2D eigenvalue weighted by Gasteiger charge is -2.34. The van der Waals surface area contributed by atoms with Crippen LogP contribution in [0.3, 0.4) is 0 Å². The molecule has 118 valence electrons. The number of amides is 1. The number of carbonyl (C=O) groups excluding carboxylic acids is 1. The molecule has 21 heavy (non-hydrogen) atoms. The molecule has 0 bridgehead atoms. The first-order valence-electron chi connectivity index (χ1n) is 7.15. The third kappa shape index (κ3) is 4.48. The summed E-state index contributed by atoms with van der Waals surface area (Å²) in [4.78, 5) is 20.0. The Labute approximate surface area is 124 Å². The van der Waals surface area contributed by atoms with Crippen molar-refractivity contribution in [1.29, 1.82) is 0 Å². The van der Waals surface area contributed by atoms with Crippen LogP contribution in [0, 0.1) is 0 Å². The van der Waals surface area contributed by atoms with Crippen LogP contribution in [-0.4, -0.2) is 78.8 Å². The molecular weight excluding hydrogens is 274 g/mol. The Balaban J connectivity index is 1.81. The standard InChI is InChI=1S/C13H23N5O3/c1-10(18-4-6-20-7-5-18)8-17(3)9-11-15-12(16-21-11)13(19)14-2/h10H,4-9H2,1-3H3,(H,14,19). The maximum atomic E-state index is 11.4. The van der Waals surface area contributed by atoms with Crippen LogP contribution in [0.25, 0.3) is 0 Å². The summed E-state index contributed by atoms with van der Waals surface area (Å²) in [6.45, 7) is 7.15. The van der Waals surface area contributed by atoms with Crippen LogP contribution in [0.4, 0.5) is 0 Å². The number of ether oxygens (including phenoxy) is 1. The molecule has 2 heterocycles. The number of morpholine rings is 1. The summed E-state index contributed by atoms with van der Waals surface area (Å²) in [7, 11) is 3.54. The molecule has 2 rings (SSSR count). The highest BCUT2D eigenvalue weighted by atomic mass is 16.5. The first-order valence-corrected chi connectivity index (χ1v) is 7.15. The van der Waals surface area contributed by atoms with Crippen molar-refractivity contribution < 1.29 is 14.1 Å². The minimum absolute atomic E-state index is 0.0714.